The fraction of sp³-hybridized carbons (Fsp3) is 0.200. The summed E-state index contributed by atoms with van der Waals surface area (Å²) in [5, 5.41) is 0. The Hall–Kier alpha value is -3.20. The van der Waals surface area contributed by atoms with Crippen molar-refractivity contribution in [3.8, 4) is 0 Å². The molecule has 0 amide bonds. The summed E-state index contributed by atoms with van der Waals surface area (Å²) >= 11 is 0. The van der Waals surface area contributed by atoms with E-state index in [-0.39, 0.29) is 10.8 Å². The van der Waals surface area contributed by atoms with Gasteiger partial charge in [0.1, 0.15) is 0 Å². The van der Waals surface area contributed by atoms with Crippen molar-refractivity contribution < 1.29 is 9.78 Å². The van der Waals surface area contributed by atoms with Gasteiger partial charge in [-0.2, -0.15) is 0 Å². The van der Waals surface area contributed by atoms with Crippen LogP contribution in [0.5, 0.6) is 0 Å². The Morgan fingerprint density at radius 1 is 0.406 bits per heavy atom. The monoisotopic (exact) mass is 422 g/mol. The topological polar surface area (TPSA) is 18.5 Å². The Bertz CT molecular complexity index is 907. The molecule has 0 heterocycles. The zero-order valence-electron chi connectivity index (χ0n) is 18.8. The highest BCUT2D eigenvalue weighted by Gasteiger charge is 2.32. The highest BCUT2D eigenvalue weighted by molar-refractivity contribution is 5.39. The Balaban J connectivity index is 1.54. The molecule has 0 N–H and O–H groups in total. The molecule has 2 heteroatoms. The summed E-state index contributed by atoms with van der Waals surface area (Å²) < 4.78 is 0. The van der Waals surface area contributed by atoms with Crippen molar-refractivity contribution in [3.05, 3.63) is 144 Å². The molecular weight excluding hydrogens is 392 g/mol. The van der Waals surface area contributed by atoms with Crippen LogP contribution in [-0.2, 0) is 20.6 Å². The SMILES string of the molecule is CC(COOCC(C)(c1ccccc1)c1ccccc1)(c1ccccc1)c1ccccc1. The Kier molecular flexibility index (Phi) is 6.84. The standard InChI is InChI=1S/C30H30O2/c1-29(25-15-7-3-8-16-25,26-17-9-4-10-18-26)23-31-32-24-30(2,27-19-11-5-12-20-27)28-21-13-6-14-22-28/h3-22H,23-24H2,1-2H3. The highest BCUT2D eigenvalue weighted by atomic mass is 17.2. The first kappa shape index (κ1) is 22.0. The summed E-state index contributed by atoms with van der Waals surface area (Å²) in [5.41, 5.74) is 4.15. The number of benzene rings is 4. The molecule has 0 atom stereocenters. The van der Waals surface area contributed by atoms with Crippen LogP contribution in [0.3, 0.4) is 0 Å². The summed E-state index contributed by atoms with van der Waals surface area (Å²) in [4.78, 5) is 11.9. The molecule has 0 saturated heterocycles. The van der Waals surface area contributed by atoms with Gasteiger partial charge in [-0.3, -0.25) is 0 Å². The largest absolute Gasteiger partial charge is 0.235 e. The van der Waals surface area contributed by atoms with E-state index in [0.29, 0.717) is 13.2 Å². The lowest BCUT2D eigenvalue weighted by Gasteiger charge is -2.33. The highest BCUT2D eigenvalue weighted by Crippen LogP contribution is 2.34. The zero-order chi connectivity index (χ0) is 22.3. The van der Waals surface area contributed by atoms with Crippen LogP contribution < -0.4 is 0 Å². The molecule has 0 radical (unpaired) electrons. The van der Waals surface area contributed by atoms with Crippen molar-refractivity contribution >= 4 is 0 Å². The number of hydrogen-bond acceptors (Lipinski definition) is 2. The molecule has 0 bridgehead atoms. The fourth-order valence-corrected chi connectivity index (χ4v) is 4.21. The number of rotatable bonds is 9. The molecule has 0 unspecified atom stereocenters. The van der Waals surface area contributed by atoms with Crippen LogP contribution in [0.1, 0.15) is 36.1 Å². The summed E-state index contributed by atoms with van der Waals surface area (Å²) in [6.45, 7) is 5.24. The van der Waals surface area contributed by atoms with E-state index in [1.807, 2.05) is 24.3 Å². The van der Waals surface area contributed by atoms with Crippen LogP contribution in [0.15, 0.2) is 121 Å². The average Bonchev–Trinajstić information content (AvgIpc) is 2.88. The second-order valence-electron chi connectivity index (χ2n) is 8.65. The Labute approximate surface area is 191 Å². The molecule has 2 nitrogen and oxygen atoms in total. The molecule has 0 aliphatic carbocycles. The minimum atomic E-state index is -0.321. The Morgan fingerprint density at radius 2 is 0.625 bits per heavy atom. The van der Waals surface area contributed by atoms with Gasteiger partial charge in [0.05, 0.1) is 13.2 Å². The van der Waals surface area contributed by atoms with Gasteiger partial charge in [-0.05, 0) is 36.1 Å². The zero-order valence-corrected chi connectivity index (χ0v) is 18.8. The molecule has 4 aromatic carbocycles. The van der Waals surface area contributed by atoms with Crippen molar-refractivity contribution in [1.82, 2.24) is 0 Å². The van der Waals surface area contributed by atoms with Crippen molar-refractivity contribution in [3.63, 3.8) is 0 Å². The summed E-state index contributed by atoms with van der Waals surface area (Å²) in [5.74, 6) is 0. The van der Waals surface area contributed by atoms with Crippen LogP contribution in [0.2, 0.25) is 0 Å². The van der Waals surface area contributed by atoms with Crippen molar-refractivity contribution in [2.24, 2.45) is 0 Å². The van der Waals surface area contributed by atoms with E-state index in [2.05, 4.69) is 111 Å². The van der Waals surface area contributed by atoms with Crippen molar-refractivity contribution in [1.29, 1.82) is 0 Å². The van der Waals surface area contributed by atoms with Crippen LogP contribution in [0.25, 0.3) is 0 Å². The maximum Gasteiger partial charge on any atom is 0.0956 e. The van der Waals surface area contributed by atoms with E-state index in [0.717, 1.165) is 0 Å². The van der Waals surface area contributed by atoms with Crippen molar-refractivity contribution in [2.45, 2.75) is 24.7 Å². The minimum absolute atomic E-state index is 0.321. The predicted molar refractivity (Wildman–Crippen MR) is 131 cm³/mol. The molecule has 0 aliphatic heterocycles. The molecule has 0 saturated carbocycles. The number of hydrogen-bond donors (Lipinski definition) is 0. The van der Waals surface area contributed by atoms with E-state index >= 15 is 0 Å². The van der Waals surface area contributed by atoms with E-state index < -0.39 is 0 Å². The first-order valence-corrected chi connectivity index (χ1v) is 11.1. The first-order valence-electron chi connectivity index (χ1n) is 11.1. The van der Waals surface area contributed by atoms with Gasteiger partial charge in [-0.1, -0.05) is 121 Å². The van der Waals surface area contributed by atoms with Gasteiger partial charge in [-0.15, -0.1) is 0 Å². The summed E-state index contributed by atoms with van der Waals surface area (Å²) in [7, 11) is 0. The summed E-state index contributed by atoms with van der Waals surface area (Å²) in [6, 6.07) is 41.9. The van der Waals surface area contributed by atoms with Gasteiger partial charge in [0.2, 0.25) is 0 Å². The summed E-state index contributed by atoms with van der Waals surface area (Å²) in [6.07, 6.45) is 0. The molecular formula is C30H30O2. The third kappa shape index (κ3) is 4.67. The lowest BCUT2D eigenvalue weighted by molar-refractivity contribution is -0.307. The van der Waals surface area contributed by atoms with Gasteiger partial charge >= 0.3 is 0 Å². The molecule has 0 fully saturated rings. The van der Waals surface area contributed by atoms with Gasteiger partial charge in [0.15, 0.2) is 0 Å². The van der Waals surface area contributed by atoms with Gasteiger partial charge in [0, 0.05) is 10.8 Å². The lowest BCUT2D eigenvalue weighted by atomic mass is 9.77. The molecule has 0 spiro atoms. The van der Waals surface area contributed by atoms with E-state index in [1.54, 1.807) is 0 Å². The van der Waals surface area contributed by atoms with E-state index in [9.17, 15) is 0 Å². The molecule has 4 rings (SSSR count). The molecule has 0 aliphatic rings. The van der Waals surface area contributed by atoms with Gasteiger partial charge in [0.25, 0.3) is 0 Å². The Morgan fingerprint density at radius 3 is 0.844 bits per heavy atom. The van der Waals surface area contributed by atoms with Crippen LogP contribution in [0, 0.1) is 0 Å². The van der Waals surface area contributed by atoms with Crippen LogP contribution in [0.4, 0.5) is 0 Å². The molecule has 0 aromatic heterocycles. The first-order chi connectivity index (χ1) is 15.6. The lowest BCUT2D eigenvalue weighted by Crippen LogP contribution is -2.33. The maximum absolute atomic E-state index is 5.95. The van der Waals surface area contributed by atoms with Crippen LogP contribution in [-0.4, -0.2) is 13.2 Å². The molecule has 162 valence electrons. The minimum Gasteiger partial charge on any atom is -0.235 e. The third-order valence-corrected chi connectivity index (χ3v) is 6.42. The van der Waals surface area contributed by atoms with Crippen molar-refractivity contribution in [2.75, 3.05) is 13.2 Å². The third-order valence-electron chi connectivity index (χ3n) is 6.42. The van der Waals surface area contributed by atoms with E-state index in [4.69, 9.17) is 9.78 Å². The molecule has 32 heavy (non-hydrogen) atoms. The normalized spacial score (nSPS) is 11.9. The fourth-order valence-electron chi connectivity index (χ4n) is 4.21. The van der Waals surface area contributed by atoms with E-state index in [1.165, 1.54) is 22.3 Å². The predicted octanol–water partition coefficient (Wildman–Crippen LogP) is 6.95. The second kappa shape index (κ2) is 9.95. The van der Waals surface area contributed by atoms with Gasteiger partial charge in [-0.25, -0.2) is 9.78 Å². The van der Waals surface area contributed by atoms with Crippen LogP contribution >= 0.6 is 0 Å². The smallest absolute Gasteiger partial charge is 0.0956 e. The average molecular weight is 423 g/mol. The van der Waals surface area contributed by atoms with Gasteiger partial charge < -0.3 is 0 Å². The quantitative estimate of drug-likeness (QED) is 0.165. The maximum atomic E-state index is 5.95. The molecule has 4 aromatic rings. The second-order valence-corrected chi connectivity index (χ2v) is 8.65.